The molecule has 1 atom stereocenters. The van der Waals surface area contributed by atoms with Crippen molar-refractivity contribution >= 4 is 28.9 Å². The normalized spacial score (nSPS) is 22.0. The van der Waals surface area contributed by atoms with Crippen molar-refractivity contribution < 1.29 is 14.6 Å². The highest BCUT2D eigenvalue weighted by Crippen LogP contribution is 2.38. The van der Waals surface area contributed by atoms with Crippen molar-refractivity contribution in [3.8, 4) is 0 Å². The Kier molecular flexibility index (Phi) is 4.06. The zero-order valence-electron chi connectivity index (χ0n) is 11.9. The average molecular weight is 311 g/mol. The van der Waals surface area contributed by atoms with Gasteiger partial charge in [0.25, 0.3) is 5.91 Å². The minimum atomic E-state index is -1.12. The summed E-state index contributed by atoms with van der Waals surface area (Å²) in [5, 5.41) is 13.0. The van der Waals surface area contributed by atoms with Crippen molar-refractivity contribution in [2.24, 2.45) is 5.92 Å². The molecule has 2 heterocycles. The number of amides is 1. The highest BCUT2D eigenvalue weighted by atomic mass is 35.5. The third-order valence-electron chi connectivity index (χ3n) is 4.20. The summed E-state index contributed by atoms with van der Waals surface area (Å²) in [6, 6.07) is 3.51. The minimum absolute atomic E-state index is 0.398. The molecular weight excluding hydrogens is 292 g/mol. The molecule has 0 bridgehead atoms. The van der Waals surface area contributed by atoms with Gasteiger partial charge in [0.1, 0.15) is 0 Å². The van der Waals surface area contributed by atoms with E-state index in [9.17, 15) is 9.90 Å². The van der Waals surface area contributed by atoms with E-state index in [0.717, 1.165) is 38.3 Å². The molecule has 5 nitrogen and oxygen atoms in total. The fourth-order valence-electron chi connectivity index (χ4n) is 2.96. The first-order valence-electron chi connectivity index (χ1n) is 7.17. The number of fused-ring (bicyclic) bond motifs is 1. The van der Waals surface area contributed by atoms with Gasteiger partial charge in [-0.15, -0.1) is 0 Å². The van der Waals surface area contributed by atoms with Crippen LogP contribution in [-0.4, -0.2) is 37.8 Å². The summed E-state index contributed by atoms with van der Waals surface area (Å²) in [5.74, 6) is 0.193. The van der Waals surface area contributed by atoms with E-state index >= 15 is 0 Å². The Morgan fingerprint density at radius 1 is 1.43 bits per heavy atom. The van der Waals surface area contributed by atoms with Crippen molar-refractivity contribution in [2.45, 2.75) is 18.9 Å². The van der Waals surface area contributed by atoms with E-state index in [2.05, 4.69) is 10.2 Å². The molecule has 1 fully saturated rings. The number of aliphatic hydroxyl groups excluding tert-OH is 1. The number of hydrogen-bond donors (Lipinski definition) is 2. The molecule has 0 radical (unpaired) electrons. The number of ether oxygens (including phenoxy) is 1. The standard InChI is InChI=1S/C15H19ClN2O3/c1-18(8-9-2-4-21-5-3-9)13-7-12-10(6-11(13)16)14(19)15(20)17-12/h6-7,9,14,19H,2-5,8H2,1H3,(H,17,20). The average Bonchev–Trinajstić information content (AvgIpc) is 2.74. The van der Waals surface area contributed by atoms with E-state index in [1.54, 1.807) is 6.07 Å². The highest BCUT2D eigenvalue weighted by molar-refractivity contribution is 6.33. The second kappa shape index (κ2) is 5.83. The van der Waals surface area contributed by atoms with Crippen LogP contribution in [0.3, 0.4) is 0 Å². The first-order chi connectivity index (χ1) is 10.1. The molecule has 1 aromatic carbocycles. The summed E-state index contributed by atoms with van der Waals surface area (Å²) >= 11 is 6.32. The Bertz CT molecular complexity index is 558. The molecule has 1 saturated heterocycles. The molecule has 1 unspecified atom stereocenters. The summed E-state index contributed by atoms with van der Waals surface area (Å²) in [5.41, 5.74) is 2.07. The van der Waals surface area contributed by atoms with Crippen molar-refractivity contribution in [1.29, 1.82) is 0 Å². The maximum Gasteiger partial charge on any atom is 0.257 e. The lowest BCUT2D eigenvalue weighted by Gasteiger charge is -2.29. The number of carbonyl (C=O) groups is 1. The maximum atomic E-state index is 11.5. The monoisotopic (exact) mass is 310 g/mol. The minimum Gasteiger partial charge on any atom is -0.381 e. The van der Waals surface area contributed by atoms with Gasteiger partial charge in [-0.2, -0.15) is 0 Å². The van der Waals surface area contributed by atoms with Crippen LogP contribution in [0.2, 0.25) is 5.02 Å². The van der Waals surface area contributed by atoms with Crippen LogP contribution in [0, 0.1) is 5.92 Å². The molecule has 114 valence electrons. The molecule has 2 N–H and O–H groups in total. The van der Waals surface area contributed by atoms with Gasteiger partial charge in [0, 0.05) is 38.1 Å². The number of rotatable bonds is 3. The SMILES string of the molecule is CN(CC1CCOCC1)c1cc2c(cc1Cl)C(O)C(=O)N2. The fraction of sp³-hybridized carbons (Fsp3) is 0.533. The van der Waals surface area contributed by atoms with Crippen molar-refractivity contribution in [2.75, 3.05) is 37.0 Å². The molecule has 0 spiro atoms. The van der Waals surface area contributed by atoms with Crippen LogP contribution in [0.15, 0.2) is 12.1 Å². The van der Waals surface area contributed by atoms with Crippen LogP contribution in [0.5, 0.6) is 0 Å². The zero-order valence-corrected chi connectivity index (χ0v) is 12.7. The number of halogens is 1. The third kappa shape index (κ3) is 2.86. The summed E-state index contributed by atoms with van der Waals surface area (Å²) in [6.45, 7) is 2.54. The summed E-state index contributed by atoms with van der Waals surface area (Å²) in [4.78, 5) is 13.6. The van der Waals surface area contributed by atoms with E-state index in [0.29, 0.717) is 22.2 Å². The highest BCUT2D eigenvalue weighted by Gasteiger charge is 2.30. The Morgan fingerprint density at radius 2 is 2.14 bits per heavy atom. The third-order valence-corrected chi connectivity index (χ3v) is 4.51. The fourth-order valence-corrected chi connectivity index (χ4v) is 3.28. The van der Waals surface area contributed by atoms with Crippen molar-refractivity contribution in [1.82, 2.24) is 0 Å². The predicted octanol–water partition coefficient (Wildman–Crippen LogP) is 2.19. The van der Waals surface area contributed by atoms with Gasteiger partial charge < -0.3 is 20.1 Å². The first kappa shape index (κ1) is 14.6. The van der Waals surface area contributed by atoms with Gasteiger partial charge in [-0.3, -0.25) is 4.79 Å². The predicted molar refractivity (Wildman–Crippen MR) is 81.9 cm³/mol. The molecule has 2 aliphatic rings. The maximum absolute atomic E-state index is 11.5. The molecule has 21 heavy (non-hydrogen) atoms. The van der Waals surface area contributed by atoms with Crippen LogP contribution in [-0.2, 0) is 9.53 Å². The van der Waals surface area contributed by atoms with Crippen molar-refractivity contribution in [3.63, 3.8) is 0 Å². The topological polar surface area (TPSA) is 61.8 Å². The van der Waals surface area contributed by atoms with E-state index < -0.39 is 12.0 Å². The molecule has 2 aliphatic heterocycles. The largest absolute Gasteiger partial charge is 0.381 e. The van der Waals surface area contributed by atoms with Crippen molar-refractivity contribution in [3.05, 3.63) is 22.7 Å². The molecule has 3 rings (SSSR count). The van der Waals surface area contributed by atoms with E-state index in [-0.39, 0.29) is 0 Å². The van der Waals surface area contributed by atoms with E-state index in [1.165, 1.54) is 0 Å². The lowest BCUT2D eigenvalue weighted by molar-refractivity contribution is -0.123. The quantitative estimate of drug-likeness (QED) is 0.898. The van der Waals surface area contributed by atoms with Gasteiger partial charge in [-0.05, 0) is 30.9 Å². The van der Waals surface area contributed by atoms with Gasteiger partial charge in [0.2, 0.25) is 0 Å². The van der Waals surface area contributed by atoms with Gasteiger partial charge in [-0.1, -0.05) is 11.6 Å². The number of hydrogen-bond acceptors (Lipinski definition) is 4. The second-order valence-electron chi connectivity index (χ2n) is 5.72. The number of aliphatic hydroxyl groups is 1. The molecule has 1 amide bonds. The van der Waals surface area contributed by atoms with E-state index in [1.807, 2.05) is 13.1 Å². The van der Waals surface area contributed by atoms with Gasteiger partial charge in [-0.25, -0.2) is 0 Å². The van der Waals surface area contributed by atoms with Crippen LogP contribution < -0.4 is 10.2 Å². The molecular formula is C15H19ClN2O3. The smallest absolute Gasteiger partial charge is 0.257 e. The molecule has 1 aromatic rings. The van der Waals surface area contributed by atoms with Gasteiger partial charge >= 0.3 is 0 Å². The first-order valence-corrected chi connectivity index (χ1v) is 7.55. The summed E-state index contributed by atoms with van der Waals surface area (Å²) in [6.07, 6.45) is 0.998. The Labute approximate surface area is 128 Å². The lowest BCUT2D eigenvalue weighted by atomic mass is 9.99. The number of carbonyl (C=O) groups excluding carboxylic acids is 1. The van der Waals surface area contributed by atoms with Crippen LogP contribution >= 0.6 is 11.6 Å². The number of benzene rings is 1. The number of anilines is 2. The molecule has 0 saturated carbocycles. The van der Waals surface area contributed by atoms with Crippen LogP contribution in [0.4, 0.5) is 11.4 Å². The Balaban J connectivity index is 1.79. The van der Waals surface area contributed by atoms with E-state index in [4.69, 9.17) is 16.3 Å². The van der Waals surface area contributed by atoms with Gasteiger partial charge in [0.05, 0.1) is 10.7 Å². The molecule has 0 aliphatic carbocycles. The zero-order chi connectivity index (χ0) is 15.0. The summed E-state index contributed by atoms with van der Waals surface area (Å²) < 4.78 is 5.37. The second-order valence-corrected chi connectivity index (χ2v) is 6.13. The number of nitrogens with one attached hydrogen (secondary N) is 1. The number of nitrogens with zero attached hydrogens (tertiary/aromatic N) is 1. The molecule has 6 heteroatoms. The van der Waals surface area contributed by atoms with Crippen LogP contribution in [0.1, 0.15) is 24.5 Å². The van der Waals surface area contributed by atoms with Gasteiger partial charge in [0.15, 0.2) is 6.10 Å². The van der Waals surface area contributed by atoms with Crippen LogP contribution in [0.25, 0.3) is 0 Å². The Hall–Kier alpha value is -1.30. The summed E-state index contributed by atoms with van der Waals surface area (Å²) in [7, 11) is 2.00. The molecule has 0 aromatic heterocycles. The Morgan fingerprint density at radius 3 is 2.86 bits per heavy atom. The lowest BCUT2D eigenvalue weighted by Crippen LogP contribution is -2.29.